The fourth-order valence-corrected chi connectivity index (χ4v) is 1.84. The number of hydrogen-bond acceptors (Lipinski definition) is 3. The van der Waals surface area contributed by atoms with Crippen molar-refractivity contribution in [2.24, 2.45) is 0 Å². The van der Waals surface area contributed by atoms with Crippen LogP contribution in [0.15, 0.2) is 24.3 Å². The molecule has 0 fully saturated rings. The summed E-state index contributed by atoms with van der Waals surface area (Å²) in [5.74, 6) is -1.17. The van der Waals surface area contributed by atoms with Gasteiger partial charge >= 0.3 is 5.97 Å². The Balaban J connectivity index is 2.47. The van der Waals surface area contributed by atoms with E-state index in [2.05, 4.69) is 10.3 Å². The summed E-state index contributed by atoms with van der Waals surface area (Å²) in [4.78, 5) is 11.1. The molecule has 5 nitrogen and oxygen atoms in total. The SMILES string of the molecule is O=C(O)c1nnn(CCCF)c1-c1ccc(Cl)cc1. The van der Waals surface area contributed by atoms with E-state index in [1.807, 2.05) is 0 Å². The van der Waals surface area contributed by atoms with Gasteiger partial charge in [-0.1, -0.05) is 28.9 Å². The molecule has 0 amide bonds. The Morgan fingerprint density at radius 2 is 2.05 bits per heavy atom. The quantitative estimate of drug-likeness (QED) is 0.916. The first-order chi connectivity index (χ1) is 9.13. The number of carboxylic acid groups (broad SMARTS) is 1. The smallest absolute Gasteiger partial charge is 0.358 e. The van der Waals surface area contributed by atoms with Crippen molar-refractivity contribution in [1.29, 1.82) is 0 Å². The molecule has 0 unspecified atom stereocenters. The number of aromatic carboxylic acids is 1. The Bertz CT molecular complexity index is 583. The summed E-state index contributed by atoms with van der Waals surface area (Å²) in [6.07, 6.45) is 0.253. The first kappa shape index (κ1) is 13.5. The highest BCUT2D eigenvalue weighted by atomic mass is 35.5. The molecular formula is C12H11ClFN3O2. The average molecular weight is 284 g/mol. The molecule has 0 atom stereocenters. The predicted octanol–water partition coefficient (Wildman–Crippen LogP) is 2.66. The molecule has 100 valence electrons. The van der Waals surface area contributed by atoms with Crippen molar-refractivity contribution in [3.63, 3.8) is 0 Å². The van der Waals surface area contributed by atoms with Gasteiger partial charge in [0.15, 0.2) is 5.69 Å². The molecule has 19 heavy (non-hydrogen) atoms. The fourth-order valence-electron chi connectivity index (χ4n) is 1.72. The van der Waals surface area contributed by atoms with E-state index in [1.54, 1.807) is 24.3 Å². The Hall–Kier alpha value is -1.95. The Kier molecular flexibility index (Phi) is 4.11. The van der Waals surface area contributed by atoms with Crippen molar-refractivity contribution < 1.29 is 14.3 Å². The number of carboxylic acids is 1. The van der Waals surface area contributed by atoms with E-state index >= 15 is 0 Å². The third-order valence-electron chi connectivity index (χ3n) is 2.56. The van der Waals surface area contributed by atoms with E-state index in [0.717, 1.165) is 0 Å². The van der Waals surface area contributed by atoms with Crippen molar-refractivity contribution in [2.75, 3.05) is 6.67 Å². The predicted molar refractivity (Wildman–Crippen MR) is 68.0 cm³/mol. The summed E-state index contributed by atoms with van der Waals surface area (Å²) in [6, 6.07) is 6.66. The van der Waals surface area contributed by atoms with Crippen LogP contribution in [0.3, 0.4) is 0 Å². The first-order valence-electron chi connectivity index (χ1n) is 5.62. The lowest BCUT2D eigenvalue weighted by atomic mass is 10.1. The van der Waals surface area contributed by atoms with Gasteiger partial charge in [0, 0.05) is 17.1 Å². The van der Waals surface area contributed by atoms with Gasteiger partial charge in [-0.25, -0.2) is 9.48 Å². The summed E-state index contributed by atoms with van der Waals surface area (Å²) in [5.41, 5.74) is 0.837. The van der Waals surface area contributed by atoms with Crippen molar-refractivity contribution in [2.45, 2.75) is 13.0 Å². The van der Waals surface area contributed by atoms with Crippen LogP contribution in [0.1, 0.15) is 16.9 Å². The molecule has 0 saturated heterocycles. The molecule has 1 aromatic heterocycles. The van der Waals surface area contributed by atoms with Crippen LogP contribution in [0, 0.1) is 0 Å². The molecule has 0 radical (unpaired) electrons. The minimum atomic E-state index is -1.17. The lowest BCUT2D eigenvalue weighted by molar-refractivity contribution is 0.0691. The second-order valence-corrected chi connectivity index (χ2v) is 4.30. The molecule has 2 rings (SSSR count). The van der Waals surface area contributed by atoms with Gasteiger partial charge in [-0.15, -0.1) is 5.10 Å². The largest absolute Gasteiger partial charge is 0.476 e. The van der Waals surface area contributed by atoms with E-state index in [9.17, 15) is 9.18 Å². The Morgan fingerprint density at radius 1 is 1.37 bits per heavy atom. The minimum Gasteiger partial charge on any atom is -0.476 e. The topological polar surface area (TPSA) is 68.0 Å². The van der Waals surface area contributed by atoms with Crippen LogP contribution in [-0.4, -0.2) is 32.7 Å². The van der Waals surface area contributed by atoms with Crippen LogP contribution in [0.4, 0.5) is 4.39 Å². The number of benzene rings is 1. The van der Waals surface area contributed by atoms with Crippen LogP contribution < -0.4 is 0 Å². The second-order valence-electron chi connectivity index (χ2n) is 3.86. The first-order valence-corrected chi connectivity index (χ1v) is 6.00. The second kappa shape index (κ2) is 5.79. The summed E-state index contributed by atoms with van der Waals surface area (Å²) in [7, 11) is 0. The van der Waals surface area contributed by atoms with Gasteiger partial charge in [0.2, 0.25) is 0 Å². The molecule has 1 aromatic carbocycles. The Labute approximate surface area is 113 Å². The van der Waals surface area contributed by atoms with Gasteiger partial charge < -0.3 is 5.11 Å². The van der Waals surface area contributed by atoms with Crippen LogP contribution in [0.25, 0.3) is 11.3 Å². The van der Waals surface area contributed by atoms with E-state index in [4.69, 9.17) is 16.7 Å². The molecule has 2 aromatic rings. The van der Waals surface area contributed by atoms with Crippen LogP contribution in [0.5, 0.6) is 0 Å². The molecule has 1 heterocycles. The number of alkyl halides is 1. The molecule has 0 bridgehead atoms. The lowest BCUT2D eigenvalue weighted by Crippen LogP contribution is -2.05. The molecular weight excluding hydrogens is 273 g/mol. The van der Waals surface area contributed by atoms with E-state index in [1.165, 1.54) is 4.68 Å². The van der Waals surface area contributed by atoms with Crippen LogP contribution >= 0.6 is 11.6 Å². The number of halogens is 2. The summed E-state index contributed by atoms with van der Waals surface area (Å²) in [5, 5.41) is 17.0. The van der Waals surface area contributed by atoms with E-state index in [-0.39, 0.29) is 18.7 Å². The average Bonchev–Trinajstić information content (AvgIpc) is 2.81. The summed E-state index contributed by atoms with van der Waals surface area (Å²) >= 11 is 5.79. The number of carbonyl (C=O) groups is 1. The molecule has 0 aliphatic carbocycles. The molecule has 0 saturated carbocycles. The van der Waals surface area contributed by atoms with Crippen LogP contribution in [0.2, 0.25) is 5.02 Å². The third kappa shape index (κ3) is 2.90. The summed E-state index contributed by atoms with van der Waals surface area (Å²) in [6.45, 7) is -0.225. The lowest BCUT2D eigenvalue weighted by Gasteiger charge is -2.06. The standard InChI is InChI=1S/C12H11ClFN3O2/c13-9-4-2-8(3-5-9)11-10(12(18)19)15-16-17(11)7-1-6-14/h2-5H,1,6-7H2,(H,18,19). The maximum absolute atomic E-state index is 12.2. The highest BCUT2D eigenvalue weighted by molar-refractivity contribution is 6.30. The van der Waals surface area contributed by atoms with Gasteiger partial charge in [0.25, 0.3) is 0 Å². The van der Waals surface area contributed by atoms with Gasteiger partial charge in [-0.3, -0.25) is 4.39 Å². The molecule has 7 heteroatoms. The highest BCUT2D eigenvalue weighted by Gasteiger charge is 2.20. The zero-order chi connectivity index (χ0) is 13.8. The van der Waals surface area contributed by atoms with E-state index in [0.29, 0.717) is 16.3 Å². The van der Waals surface area contributed by atoms with Gasteiger partial charge in [0.05, 0.1) is 6.67 Å². The summed E-state index contributed by atoms with van der Waals surface area (Å²) < 4.78 is 13.6. The number of rotatable bonds is 5. The highest BCUT2D eigenvalue weighted by Crippen LogP contribution is 2.24. The fraction of sp³-hybridized carbons (Fsp3) is 0.250. The number of aromatic nitrogens is 3. The van der Waals surface area contributed by atoms with Gasteiger partial charge in [-0.2, -0.15) is 0 Å². The molecule has 0 aliphatic rings. The van der Waals surface area contributed by atoms with Crippen molar-refractivity contribution in [1.82, 2.24) is 15.0 Å². The van der Waals surface area contributed by atoms with Crippen molar-refractivity contribution >= 4 is 17.6 Å². The Morgan fingerprint density at radius 3 is 2.63 bits per heavy atom. The van der Waals surface area contributed by atoms with Crippen molar-refractivity contribution in [3.05, 3.63) is 35.0 Å². The number of aryl methyl sites for hydroxylation is 1. The normalized spacial score (nSPS) is 10.6. The monoisotopic (exact) mass is 283 g/mol. The van der Waals surface area contributed by atoms with Crippen LogP contribution in [-0.2, 0) is 6.54 Å². The zero-order valence-corrected chi connectivity index (χ0v) is 10.6. The van der Waals surface area contributed by atoms with Crippen molar-refractivity contribution in [3.8, 4) is 11.3 Å². The molecule has 0 aliphatic heterocycles. The maximum atomic E-state index is 12.2. The minimum absolute atomic E-state index is 0.152. The maximum Gasteiger partial charge on any atom is 0.358 e. The zero-order valence-electron chi connectivity index (χ0n) is 9.88. The number of nitrogens with zero attached hydrogens (tertiary/aromatic N) is 3. The molecule has 1 N–H and O–H groups in total. The molecule has 0 spiro atoms. The van der Waals surface area contributed by atoms with Gasteiger partial charge in [0.1, 0.15) is 5.69 Å². The number of hydrogen-bond donors (Lipinski definition) is 1. The van der Waals surface area contributed by atoms with E-state index < -0.39 is 12.6 Å². The van der Waals surface area contributed by atoms with Gasteiger partial charge in [-0.05, 0) is 18.6 Å². The third-order valence-corrected chi connectivity index (χ3v) is 2.81.